The third-order valence-electron chi connectivity index (χ3n) is 6.89. The van der Waals surface area contributed by atoms with E-state index in [0.29, 0.717) is 11.4 Å². The van der Waals surface area contributed by atoms with Crippen LogP contribution in [0, 0.1) is 6.92 Å². The standard InChI is InChI=1S/C21H26B4N4O4/c1-12-10-17(27-29-18(30)4-7-26-19(12)29)28-8-5-13(6-9-28)31-14-2-3-15-16(11-14)33-21(24,25)20(22,23)32-15/h2-4,7,10-11,13H,5-6,8-9,22-25H2,1H3. The average molecular weight is 442 g/mol. The quantitative estimate of drug-likeness (QED) is 0.438. The van der Waals surface area contributed by atoms with Crippen LogP contribution in [0.25, 0.3) is 5.65 Å². The Kier molecular flexibility index (Phi) is 5.14. The number of hydrogen-bond acceptors (Lipinski definition) is 7. The molecule has 8 nitrogen and oxygen atoms in total. The second-order valence-corrected chi connectivity index (χ2v) is 9.84. The molecular formula is C21H26B4N4O4. The molecule has 0 atom stereocenters. The van der Waals surface area contributed by atoms with E-state index in [1.54, 1.807) is 0 Å². The van der Waals surface area contributed by atoms with Crippen molar-refractivity contribution < 1.29 is 14.2 Å². The first-order chi connectivity index (χ1) is 15.6. The number of nitrogens with zero attached hydrogens (tertiary/aromatic N) is 4. The number of hydrogen-bond donors (Lipinski definition) is 0. The minimum absolute atomic E-state index is 0.0965. The van der Waals surface area contributed by atoms with Crippen LogP contribution in [0.3, 0.4) is 0 Å². The summed E-state index contributed by atoms with van der Waals surface area (Å²) < 4.78 is 20.1. The Labute approximate surface area is 196 Å². The number of piperidine rings is 1. The Morgan fingerprint density at radius 3 is 2.45 bits per heavy atom. The molecule has 1 aromatic carbocycles. The molecule has 1 fully saturated rings. The lowest BCUT2D eigenvalue weighted by Gasteiger charge is -2.47. The molecule has 2 aromatic heterocycles. The SMILES string of the molecule is BC1(B)Oc2ccc(OC3CCN(c4cc(C)c5nccc(=O)n5n4)CC3)cc2OC1(B)B. The van der Waals surface area contributed by atoms with Gasteiger partial charge in [-0.1, -0.05) is 0 Å². The summed E-state index contributed by atoms with van der Waals surface area (Å²) in [5.74, 6) is 3.02. The van der Waals surface area contributed by atoms with Crippen molar-refractivity contribution in [2.24, 2.45) is 0 Å². The van der Waals surface area contributed by atoms with Crippen LogP contribution in [0.1, 0.15) is 18.4 Å². The molecule has 0 amide bonds. The monoisotopic (exact) mass is 442 g/mol. The van der Waals surface area contributed by atoms with Crippen molar-refractivity contribution in [1.29, 1.82) is 0 Å². The molecule has 12 heteroatoms. The summed E-state index contributed by atoms with van der Waals surface area (Å²) in [6.07, 6.45) is 3.33. The van der Waals surface area contributed by atoms with E-state index in [9.17, 15) is 4.79 Å². The summed E-state index contributed by atoms with van der Waals surface area (Å²) in [6, 6.07) is 9.21. The van der Waals surface area contributed by atoms with Gasteiger partial charge in [-0.2, -0.15) is 4.52 Å². The largest absolute Gasteiger partial charge is 0.499 e. The van der Waals surface area contributed by atoms with Crippen LogP contribution >= 0.6 is 0 Å². The zero-order valence-electron chi connectivity index (χ0n) is 19.8. The number of aromatic nitrogens is 3. The molecule has 0 bridgehead atoms. The van der Waals surface area contributed by atoms with E-state index in [2.05, 4.69) is 15.0 Å². The number of benzene rings is 1. The van der Waals surface area contributed by atoms with Crippen molar-refractivity contribution in [1.82, 2.24) is 14.6 Å². The van der Waals surface area contributed by atoms with Gasteiger partial charge in [-0.25, -0.2) is 4.98 Å². The first kappa shape index (κ1) is 21.8. The van der Waals surface area contributed by atoms with Crippen molar-refractivity contribution >= 4 is 42.9 Å². The van der Waals surface area contributed by atoms with Crippen LogP contribution < -0.4 is 24.7 Å². The number of rotatable bonds is 3. The van der Waals surface area contributed by atoms with Crippen LogP contribution in [-0.2, 0) is 0 Å². The Bertz CT molecular complexity index is 1270. The first-order valence-corrected chi connectivity index (χ1v) is 11.4. The lowest BCUT2D eigenvalue weighted by atomic mass is 9.41. The number of fused-ring (bicyclic) bond motifs is 2. The number of anilines is 1. The molecule has 33 heavy (non-hydrogen) atoms. The van der Waals surface area contributed by atoms with E-state index in [4.69, 9.17) is 14.2 Å². The molecule has 0 radical (unpaired) electrons. The predicted octanol–water partition coefficient (Wildman–Crippen LogP) is -1.94. The molecule has 0 aliphatic carbocycles. The van der Waals surface area contributed by atoms with Gasteiger partial charge >= 0.3 is 0 Å². The lowest BCUT2D eigenvalue weighted by Crippen LogP contribution is -2.65. The van der Waals surface area contributed by atoms with E-state index < -0.39 is 10.8 Å². The zero-order chi connectivity index (χ0) is 23.4. The Morgan fingerprint density at radius 1 is 1.03 bits per heavy atom. The normalized spacial score (nSPS) is 19.4. The Morgan fingerprint density at radius 2 is 1.73 bits per heavy atom. The maximum absolute atomic E-state index is 12.2. The van der Waals surface area contributed by atoms with E-state index in [-0.39, 0.29) is 11.7 Å². The molecule has 0 unspecified atom stereocenters. The molecule has 4 heterocycles. The third-order valence-corrected chi connectivity index (χ3v) is 6.89. The fourth-order valence-corrected chi connectivity index (χ4v) is 4.23. The summed E-state index contributed by atoms with van der Waals surface area (Å²) in [7, 11) is 8.14. The van der Waals surface area contributed by atoms with Crippen molar-refractivity contribution in [3.63, 3.8) is 0 Å². The maximum Gasteiger partial charge on any atom is 0.274 e. The highest BCUT2D eigenvalue weighted by molar-refractivity contribution is 6.53. The molecule has 2 aliphatic rings. The summed E-state index contributed by atoms with van der Waals surface area (Å²) in [5, 5.41) is 3.66. The molecule has 1 saturated heterocycles. The fourth-order valence-electron chi connectivity index (χ4n) is 4.23. The van der Waals surface area contributed by atoms with Gasteiger partial charge in [0, 0.05) is 44.3 Å². The summed E-state index contributed by atoms with van der Waals surface area (Å²) in [5.41, 5.74) is 1.35. The van der Waals surface area contributed by atoms with Gasteiger partial charge in [0.1, 0.15) is 49.1 Å². The fraction of sp³-hybridized carbons (Fsp3) is 0.381. The predicted molar refractivity (Wildman–Crippen MR) is 137 cm³/mol. The van der Waals surface area contributed by atoms with Gasteiger partial charge in [0.2, 0.25) is 0 Å². The average Bonchev–Trinajstić information content (AvgIpc) is 2.75. The second kappa shape index (κ2) is 7.78. The highest BCUT2D eigenvalue weighted by Crippen LogP contribution is 2.41. The molecule has 5 rings (SSSR count). The van der Waals surface area contributed by atoms with Crippen molar-refractivity contribution in [3.05, 3.63) is 52.4 Å². The van der Waals surface area contributed by atoms with Gasteiger partial charge in [-0.05, 0) is 30.7 Å². The Hall–Kier alpha value is -3.03. The van der Waals surface area contributed by atoms with E-state index in [1.165, 1.54) is 16.8 Å². The van der Waals surface area contributed by atoms with Crippen LogP contribution in [0.5, 0.6) is 17.2 Å². The van der Waals surface area contributed by atoms with Crippen LogP contribution in [0.2, 0.25) is 0 Å². The van der Waals surface area contributed by atoms with Crippen LogP contribution in [0.15, 0.2) is 41.3 Å². The van der Waals surface area contributed by atoms with Gasteiger partial charge < -0.3 is 19.1 Å². The molecule has 0 saturated carbocycles. The van der Waals surface area contributed by atoms with Gasteiger partial charge in [0.15, 0.2) is 17.1 Å². The van der Waals surface area contributed by atoms with E-state index >= 15 is 0 Å². The zero-order valence-corrected chi connectivity index (χ0v) is 19.8. The second-order valence-electron chi connectivity index (χ2n) is 9.84. The topological polar surface area (TPSA) is 78.2 Å². The van der Waals surface area contributed by atoms with Gasteiger partial charge in [0.05, 0.1) is 10.8 Å². The van der Waals surface area contributed by atoms with Crippen molar-refractivity contribution in [3.8, 4) is 17.2 Å². The number of ether oxygens (including phenoxy) is 3. The number of aryl methyl sites for hydroxylation is 1. The highest BCUT2D eigenvalue weighted by Gasteiger charge is 2.44. The van der Waals surface area contributed by atoms with Crippen molar-refractivity contribution in [2.45, 2.75) is 36.7 Å². The van der Waals surface area contributed by atoms with Crippen LogP contribution in [-0.4, -0.2) is 76.0 Å². The molecular weight excluding hydrogens is 416 g/mol. The first-order valence-electron chi connectivity index (χ1n) is 11.4. The lowest BCUT2D eigenvalue weighted by molar-refractivity contribution is 0.0609. The molecule has 0 spiro atoms. The molecule has 166 valence electrons. The minimum Gasteiger partial charge on any atom is -0.499 e. The smallest absolute Gasteiger partial charge is 0.274 e. The van der Waals surface area contributed by atoms with E-state index in [0.717, 1.165) is 48.8 Å². The third kappa shape index (κ3) is 3.96. The minimum atomic E-state index is -0.452. The molecule has 2 aliphatic heterocycles. The summed E-state index contributed by atoms with van der Waals surface area (Å²) in [6.45, 7) is 3.54. The Balaban J connectivity index is 1.27. The highest BCUT2D eigenvalue weighted by atomic mass is 16.6. The molecule has 0 N–H and O–H groups in total. The summed E-state index contributed by atoms with van der Waals surface area (Å²) >= 11 is 0. The van der Waals surface area contributed by atoms with Gasteiger partial charge in [-0.15, -0.1) is 5.10 Å². The van der Waals surface area contributed by atoms with E-state index in [1.807, 2.05) is 62.6 Å². The summed E-state index contributed by atoms with van der Waals surface area (Å²) in [4.78, 5) is 18.7. The van der Waals surface area contributed by atoms with Gasteiger partial charge in [-0.3, -0.25) is 4.79 Å². The maximum atomic E-state index is 12.2. The van der Waals surface area contributed by atoms with Gasteiger partial charge in [0.25, 0.3) is 5.56 Å². The van der Waals surface area contributed by atoms with Crippen LogP contribution in [0.4, 0.5) is 5.82 Å². The van der Waals surface area contributed by atoms with Crippen molar-refractivity contribution in [2.75, 3.05) is 18.0 Å². The molecule has 3 aromatic rings.